The largest absolute Gasteiger partial charge is 0.497 e. The van der Waals surface area contributed by atoms with Crippen LogP contribution in [0.2, 0.25) is 0 Å². The molecule has 5 nitrogen and oxygen atoms in total. The molecule has 29 heavy (non-hydrogen) atoms. The number of ether oxygens (including phenoxy) is 1. The van der Waals surface area contributed by atoms with E-state index < -0.39 is 0 Å². The number of aryl methyl sites for hydroxylation is 1. The van der Waals surface area contributed by atoms with Gasteiger partial charge in [-0.3, -0.25) is 4.79 Å². The smallest absolute Gasteiger partial charge is 0.224 e. The van der Waals surface area contributed by atoms with Crippen molar-refractivity contribution in [1.29, 1.82) is 0 Å². The van der Waals surface area contributed by atoms with Crippen molar-refractivity contribution in [2.75, 3.05) is 26.7 Å². The molecule has 1 aliphatic heterocycles. The van der Waals surface area contributed by atoms with Crippen LogP contribution in [0, 0.1) is 6.92 Å². The fourth-order valence-corrected chi connectivity index (χ4v) is 4.29. The van der Waals surface area contributed by atoms with Gasteiger partial charge >= 0.3 is 0 Å². The van der Waals surface area contributed by atoms with Crippen molar-refractivity contribution >= 4 is 16.9 Å². The minimum Gasteiger partial charge on any atom is -0.497 e. The lowest BCUT2D eigenvalue weighted by Gasteiger charge is -2.25. The van der Waals surface area contributed by atoms with Gasteiger partial charge in [0.2, 0.25) is 5.91 Å². The standard InChI is InChI=1S/C24H28N2O3/c1-17-5-10-21-19(16-29-23(21)13-17)14-24(27)25-15-22(26-11-3-4-12-26)18-6-8-20(28-2)9-7-18/h5-10,13,16,22H,3-4,11-12,14-15H2,1-2H3,(H,25,27)/p+1/t22-/m1/s1. The summed E-state index contributed by atoms with van der Waals surface area (Å²) in [4.78, 5) is 14.2. The quantitative estimate of drug-likeness (QED) is 0.649. The first-order valence-electron chi connectivity index (χ1n) is 10.4. The van der Waals surface area contributed by atoms with Gasteiger partial charge in [-0.15, -0.1) is 0 Å². The molecule has 1 atom stereocenters. The van der Waals surface area contributed by atoms with E-state index in [1.165, 1.54) is 18.4 Å². The summed E-state index contributed by atoms with van der Waals surface area (Å²) in [5, 5.41) is 4.18. The van der Waals surface area contributed by atoms with Gasteiger partial charge in [-0.1, -0.05) is 12.1 Å². The van der Waals surface area contributed by atoms with Crippen molar-refractivity contribution in [3.8, 4) is 5.75 Å². The summed E-state index contributed by atoms with van der Waals surface area (Å²) in [5.41, 5.74) is 4.17. The zero-order chi connectivity index (χ0) is 20.2. The van der Waals surface area contributed by atoms with Crippen molar-refractivity contribution in [2.24, 2.45) is 0 Å². The Morgan fingerprint density at radius 3 is 2.66 bits per heavy atom. The summed E-state index contributed by atoms with van der Waals surface area (Å²) in [6.45, 7) is 4.97. The average molecular weight is 394 g/mol. The second-order valence-electron chi connectivity index (χ2n) is 7.93. The number of carbonyl (C=O) groups excluding carboxylic acids is 1. The van der Waals surface area contributed by atoms with E-state index in [4.69, 9.17) is 9.15 Å². The minimum atomic E-state index is 0.0328. The van der Waals surface area contributed by atoms with E-state index >= 15 is 0 Å². The Balaban J connectivity index is 1.43. The van der Waals surface area contributed by atoms with Gasteiger partial charge in [0.15, 0.2) is 0 Å². The Labute approximate surface area is 171 Å². The van der Waals surface area contributed by atoms with E-state index in [1.54, 1.807) is 18.3 Å². The second-order valence-corrected chi connectivity index (χ2v) is 7.93. The lowest BCUT2D eigenvalue weighted by atomic mass is 10.0. The molecule has 1 fully saturated rings. The molecular formula is C24H29N2O3+. The summed E-state index contributed by atoms with van der Waals surface area (Å²) >= 11 is 0. The van der Waals surface area contributed by atoms with E-state index in [2.05, 4.69) is 23.5 Å². The van der Waals surface area contributed by atoms with Gasteiger partial charge < -0.3 is 19.4 Å². The van der Waals surface area contributed by atoms with Crippen LogP contribution in [0.15, 0.2) is 53.1 Å². The number of fused-ring (bicyclic) bond motifs is 1. The van der Waals surface area contributed by atoms with Crippen molar-refractivity contribution in [3.63, 3.8) is 0 Å². The number of amides is 1. The number of likely N-dealkylation sites (tertiary alicyclic amines) is 1. The average Bonchev–Trinajstić information content (AvgIpc) is 3.39. The zero-order valence-electron chi connectivity index (χ0n) is 17.2. The Hall–Kier alpha value is -2.79. The lowest BCUT2D eigenvalue weighted by molar-refractivity contribution is -0.918. The van der Waals surface area contributed by atoms with Crippen molar-refractivity contribution in [3.05, 3.63) is 65.4 Å². The Morgan fingerprint density at radius 1 is 1.17 bits per heavy atom. The summed E-state index contributed by atoms with van der Waals surface area (Å²) in [5.74, 6) is 0.889. The van der Waals surface area contributed by atoms with Crippen LogP contribution in [-0.2, 0) is 11.2 Å². The number of rotatable bonds is 7. The van der Waals surface area contributed by atoms with Crippen LogP contribution in [0.1, 0.15) is 35.6 Å². The zero-order valence-corrected chi connectivity index (χ0v) is 17.2. The maximum absolute atomic E-state index is 12.7. The third-order valence-corrected chi connectivity index (χ3v) is 5.92. The van der Waals surface area contributed by atoms with Crippen LogP contribution in [0.5, 0.6) is 5.75 Å². The van der Waals surface area contributed by atoms with Gasteiger partial charge in [-0.2, -0.15) is 0 Å². The van der Waals surface area contributed by atoms with E-state index in [0.29, 0.717) is 13.0 Å². The highest BCUT2D eigenvalue weighted by Gasteiger charge is 2.28. The van der Waals surface area contributed by atoms with Gasteiger partial charge in [-0.05, 0) is 42.8 Å². The molecule has 152 valence electrons. The number of carbonyl (C=O) groups is 1. The molecular weight excluding hydrogens is 364 g/mol. The number of hydrogen-bond donors (Lipinski definition) is 2. The van der Waals surface area contributed by atoms with Crippen LogP contribution >= 0.6 is 0 Å². The van der Waals surface area contributed by atoms with Crippen LogP contribution in [0.3, 0.4) is 0 Å². The summed E-state index contributed by atoms with van der Waals surface area (Å²) in [7, 11) is 1.68. The normalized spacial score (nSPS) is 15.5. The lowest BCUT2D eigenvalue weighted by Crippen LogP contribution is -3.11. The predicted molar refractivity (Wildman–Crippen MR) is 113 cm³/mol. The summed E-state index contributed by atoms with van der Waals surface area (Å²) < 4.78 is 10.9. The first-order chi connectivity index (χ1) is 14.1. The number of hydrogen-bond acceptors (Lipinski definition) is 3. The van der Waals surface area contributed by atoms with Crippen molar-refractivity contribution < 1.29 is 18.8 Å². The molecule has 4 rings (SSSR count). The van der Waals surface area contributed by atoms with Gasteiger partial charge in [0, 0.05) is 29.4 Å². The minimum absolute atomic E-state index is 0.0328. The third kappa shape index (κ3) is 4.46. The highest BCUT2D eigenvalue weighted by atomic mass is 16.5. The fraction of sp³-hybridized carbons (Fsp3) is 0.375. The summed E-state index contributed by atoms with van der Waals surface area (Å²) in [6.07, 6.45) is 4.53. The molecule has 0 bridgehead atoms. The van der Waals surface area contributed by atoms with Crippen LogP contribution < -0.4 is 15.0 Å². The third-order valence-electron chi connectivity index (χ3n) is 5.92. The van der Waals surface area contributed by atoms with E-state index in [9.17, 15) is 4.79 Å². The molecule has 0 radical (unpaired) electrons. The molecule has 2 heterocycles. The van der Waals surface area contributed by atoms with Gasteiger partial charge in [0.25, 0.3) is 0 Å². The van der Waals surface area contributed by atoms with Crippen LogP contribution in [0.25, 0.3) is 11.0 Å². The number of methoxy groups -OCH3 is 1. The maximum atomic E-state index is 12.7. The molecule has 2 N–H and O–H groups in total. The van der Waals surface area contributed by atoms with Crippen LogP contribution in [-0.4, -0.2) is 32.7 Å². The van der Waals surface area contributed by atoms with E-state index in [1.807, 2.05) is 31.2 Å². The highest BCUT2D eigenvalue weighted by Crippen LogP contribution is 2.23. The topological polar surface area (TPSA) is 55.9 Å². The molecule has 5 heteroatoms. The molecule has 1 aliphatic rings. The molecule has 1 amide bonds. The molecule has 3 aromatic rings. The Morgan fingerprint density at radius 2 is 1.93 bits per heavy atom. The molecule has 2 aromatic carbocycles. The first-order valence-corrected chi connectivity index (χ1v) is 10.4. The SMILES string of the molecule is COc1ccc([C@@H](CNC(=O)Cc2coc3cc(C)ccc23)[NH+]2CCCC2)cc1. The fourth-order valence-electron chi connectivity index (χ4n) is 4.29. The second kappa shape index (κ2) is 8.70. The Bertz CT molecular complexity index is 971. The number of nitrogens with one attached hydrogen (secondary N) is 2. The number of furan rings is 1. The first kappa shape index (κ1) is 19.5. The van der Waals surface area contributed by atoms with E-state index in [-0.39, 0.29) is 11.9 Å². The molecule has 0 unspecified atom stereocenters. The number of benzene rings is 2. The maximum Gasteiger partial charge on any atom is 0.224 e. The van der Waals surface area contributed by atoms with Gasteiger partial charge in [-0.25, -0.2) is 0 Å². The molecule has 1 saturated heterocycles. The van der Waals surface area contributed by atoms with Crippen molar-refractivity contribution in [1.82, 2.24) is 5.32 Å². The molecule has 0 aliphatic carbocycles. The Kier molecular flexibility index (Phi) is 5.86. The number of quaternary nitrogens is 1. The molecule has 0 saturated carbocycles. The van der Waals surface area contributed by atoms with Gasteiger partial charge in [0.05, 0.1) is 39.4 Å². The predicted octanol–water partition coefficient (Wildman–Crippen LogP) is 2.83. The monoisotopic (exact) mass is 393 g/mol. The van der Waals surface area contributed by atoms with Gasteiger partial charge in [0.1, 0.15) is 17.4 Å². The van der Waals surface area contributed by atoms with E-state index in [0.717, 1.165) is 40.9 Å². The summed E-state index contributed by atoms with van der Waals surface area (Å²) in [6, 6.07) is 14.6. The highest BCUT2D eigenvalue weighted by molar-refractivity contribution is 5.87. The molecule has 0 spiro atoms. The van der Waals surface area contributed by atoms with Crippen LogP contribution in [0.4, 0.5) is 0 Å². The molecule has 1 aromatic heterocycles. The van der Waals surface area contributed by atoms with Crippen molar-refractivity contribution in [2.45, 2.75) is 32.2 Å².